The van der Waals surface area contributed by atoms with Crippen molar-refractivity contribution in [1.82, 2.24) is 15.1 Å². The number of nitrogens with one attached hydrogen (secondary N) is 1. The molecular weight excluding hydrogens is 346 g/mol. The fourth-order valence-electron chi connectivity index (χ4n) is 2.57. The van der Waals surface area contributed by atoms with E-state index in [4.69, 9.17) is 4.42 Å². The third kappa shape index (κ3) is 5.26. The third-order valence-electron chi connectivity index (χ3n) is 3.76. The Kier molecular flexibility index (Phi) is 6.17. The Hall–Kier alpha value is -2.47. The molecule has 3 rings (SSSR count). The van der Waals surface area contributed by atoms with Gasteiger partial charge in [0.25, 0.3) is 0 Å². The highest BCUT2D eigenvalue weighted by Gasteiger charge is 2.06. The van der Waals surface area contributed by atoms with Crippen molar-refractivity contribution in [1.29, 1.82) is 0 Å². The number of amides is 1. The Morgan fingerprint density at radius 2 is 2.08 bits per heavy atom. The topological polar surface area (TPSA) is 60.1 Å². The summed E-state index contributed by atoms with van der Waals surface area (Å²) in [5, 5.41) is 7.79. The van der Waals surface area contributed by atoms with Gasteiger partial charge in [0.2, 0.25) is 5.91 Å². The lowest BCUT2D eigenvalue weighted by Crippen LogP contribution is -2.28. The Morgan fingerprint density at radius 3 is 2.77 bits per heavy atom. The minimum absolute atomic E-state index is 0.0210. The summed E-state index contributed by atoms with van der Waals surface area (Å²) in [6.45, 7) is 5.50. The van der Waals surface area contributed by atoms with Crippen molar-refractivity contribution in [2.75, 3.05) is 6.54 Å². The van der Waals surface area contributed by atoms with Crippen LogP contribution in [0.3, 0.4) is 0 Å². The number of aromatic nitrogens is 2. The fourth-order valence-corrected chi connectivity index (χ4v) is 3.41. The van der Waals surface area contributed by atoms with Gasteiger partial charge in [-0.2, -0.15) is 5.10 Å². The SMILES string of the molecule is CC(C)Sc1ccc(CC(=O)NCCn2cc(-c3ccco3)cn2)cc1. The van der Waals surface area contributed by atoms with Gasteiger partial charge < -0.3 is 9.73 Å². The summed E-state index contributed by atoms with van der Waals surface area (Å²) in [5.41, 5.74) is 1.95. The molecule has 0 radical (unpaired) electrons. The summed E-state index contributed by atoms with van der Waals surface area (Å²) in [6, 6.07) is 11.9. The molecular formula is C20H23N3O2S. The second kappa shape index (κ2) is 8.76. The zero-order chi connectivity index (χ0) is 18.4. The second-order valence-electron chi connectivity index (χ2n) is 6.31. The molecule has 0 aliphatic carbocycles. The number of furan rings is 1. The van der Waals surface area contributed by atoms with Gasteiger partial charge in [-0.1, -0.05) is 26.0 Å². The molecule has 0 saturated carbocycles. The zero-order valence-corrected chi connectivity index (χ0v) is 15.8. The van der Waals surface area contributed by atoms with Crippen molar-refractivity contribution in [2.45, 2.75) is 37.0 Å². The smallest absolute Gasteiger partial charge is 0.224 e. The Balaban J connectivity index is 1.43. The predicted octanol–water partition coefficient (Wildman–Crippen LogP) is 4.00. The zero-order valence-electron chi connectivity index (χ0n) is 15.0. The van der Waals surface area contributed by atoms with Crippen LogP contribution in [0.1, 0.15) is 19.4 Å². The van der Waals surface area contributed by atoms with Crippen LogP contribution in [0.5, 0.6) is 0 Å². The number of carbonyl (C=O) groups is 1. The van der Waals surface area contributed by atoms with Crippen molar-refractivity contribution >= 4 is 17.7 Å². The molecule has 3 aromatic rings. The lowest BCUT2D eigenvalue weighted by Gasteiger charge is -2.07. The molecule has 1 N–H and O–H groups in total. The molecule has 0 aliphatic rings. The quantitative estimate of drug-likeness (QED) is 0.610. The predicted molar refractivity (Wildman–Crippen MR) is 104 cm³/mol. The number of benzene rings is 1. The second-order valence-corrected chi connectivity index (χ2v) is 7.96. The average molecular weight is 369 g/mol. The van der Waals surface area contributed by atoms with Crippen molar-refractivity contribution in [3.8, 4) is 11.3 Å². The molecule has 2 aromatic heterocycles. The van der Waals surface area contributed by atoms with Gasteiger partial charge >= 0.3 is 0 Å². The van der Waals surface area contributed by atoms with Crippen LogP contribution in [0.25, 0.3) is 11.3 Å². The molecule has 0 saturated heterocycles. The largest absolute Gasteiger partial charge is 0.464 e. The van der Waals surface area contributed by atoms with E-state index < -0.39 is 0 Å². The number of rotatable bonds is 8. The van der Waals surface area contributed by atoms with Crippen LogP contribution in [-0.4, -0.2) is 27.5 Å². The molecule has 136 valence electrons. The highest BCUT2D eigenvalue weighted by Crippen LogP contribution is 2.23. The molecule has 5 nitrogen and oxygen atoms in total. The molecule has 6 heteroatoms. The van der Waals surface area contributed by atoms with Crippen LogP contribution in [0, 0.1) is 0 Å². The fraction of sp³-hybridized carbons (Fsp3) is 0.300. The Labute approximate surface area is 157 Å². The number of hydrogen-bond donors (Lipinski definition) is 1. The molecule has 0 spiro atoms. The standard InChI is InChI=1S/C20H23N3O2S/c1-15(2)26-18-7-5-16(6-8-18)12-20(24)21-9-10-23-14-17(13-22-23)19-4-3-11-25-19/h3-8,11,13-15H,9-10,12H2,1-2H3,(H,21,24). The van der Waals surface area contributed by atoms with E-state index in [0.29, 0.717) is 24.8 Å². The van der Waals surface area contributed by atoms with Crippen LogP contribution < -0.4 is 5.32 Å². The van der Waals surface area contributed by atoms with E-state index in [9.17, 15) is 4.79 Å². The summed E-state index contributed by atoms with van der Waals surface area (Å²) in [5.74, 6) is 0.812. The Morgan fingerprint density at radius 1 is 1.27 bits per heavy atom. The highest BCUT2D eigenvalue weighted by molar-refractivity contribution is 7.99. The molecule has 1 amide bonds. The highest BCUT2D eigenvalue weighted by atomic mass is 32.2. The molecule has 0 atom stereocenters. The van der Waals surface area contributed by atoms with Gasteiger partial charge in [-0.3, -0.25) is 9.48 Å². The van der Waals surface area contributed by atoms with Crippen LogP contribution in [-0.2, 0) is 17.8 Å². The lowest BCUT2D eigenvalue weighted by atomic mass is 10.1. The molecule has 0 unspecified atom stereocenters. The molecule has 0 bridgehead atoms. The van der Waals surface area contributed by atoms with Crippen molar-refractivity contribution < 1.29 is 9.21 Å². The lowest BCUT2D eigenvalue weighted by molar-refractivity contribution is -0.120. The first-order valence-electron chi connectivity index (χ1n) is 8.69. The van der Waals surface area contributed by atoms with Crippen LogP contribution in [0.2, 0.25) is 0 Å². The van der Waals surface area contributed by atoms with E-state index in [-0.39, 0.29) is 5.91 Å². The monoisotopic (exact) mass is 369 g/mol. The minimum atomic E-state index is 0.0210. The van der Waals surface area contributed by atoms with Crippen molar-refractivity contribution in [2.24, 2.45) is 0 Å². The summed E-state index contributed by atoms with van der Waals surface area (Å²) >= 11 is 1.82. The minimum Gasteiger partial charge on any atom is -0.464 e. The van der Waals surface area contributed by atoms with E-state index in [2.05, 4.69) is 36.4 Å². The summed E-state index contributed by atoms with van der Waals surface area (Å²) in [4.78, 5) is 13.3. The molecule has 0 fully saturated rings. The van der Waals surface area contributed by atoms with Crippen molar-refractivity contribution in [3.05, 3.63) is 60.6 Å². The number of carbonyl (C=O) groups excluding carboxylic acids is 1. The van der Waals surface area contributed by atoms with E-state index in [1.165, 1.54) is 4.90 Å². The maximum absolute atomic E-state index is 12.1. The first-order chi connectivity index (χ1) is 12.6. The van der Waals surface area contributed by atoms with Gasteiger partial charge in [0.1, 0.15) is 5.76 Å². The van der Waals surface area contributed by atoms with Crippen molar-refractivity contribution in [3.63, 3.8) is 0 Å². The molecule has 0 aliphatic heterocycles. The Bertz CT molecular complexity index is 823. The van der Waals surface area contributed by atoms with E-state index in [1.54, 1.807) is 17.1 Å². The number of hydrogen-bond acceptors (Lipinski definition) is 4. The summed E-state index contributed by atoms with van der Waals surface area (Å²) in [7, 11) is 0. The van der Waals surface area contributed by atoms with Crippen LogP contribution >= 0.6 is 11.8 Å². The maximum atomic E-state index is 12.1. The van der Waals surface area contributed by atoms with Gasteiger partial charge in [-0.15, -0.1) is 11.8 Å². The first kappa shape index (κ1) is 18.3. The molecule has 2 heterocycles. The van der Waals surface area contributed by atoms with Crippen LogP contribution in [0.15, 0.2) is 64.4 Å². The van der Waals surface area contributed by atoms with Gasteiger partial charge in [0.15, 0.2) is 0 Å². The van der Waals surface area contributed by atoms with E-state index in [0.717, 1.165) is 16.9 Å². The average Bonchev–Trinajstić information content (AvgIpc) is 3.27. The molecule has 1 aromatic carbocycles. The normalized spacial score (nSPS) is 11.0. The number of nitrogens with zero attached hydrogens (tertiary/aromatic N) is 2. The van der Waals surface area contributed by atoms with Gasteiger partial charge in [-0.05, 0) is 29.8 Å². The van der Waals surface area contributed by atoms with Gasteiger partial charge in [0, 0.05) is 22.9 Å². The maximum Gasteiger partial charge on any atom is 0.224 e. The summed E-state index contributed by atoms with van der Waals surface area (Å²) in [6.07, 6.45) is 5.71. The molecule has 26 heavy (non-hydrogen) atoms. The van der Waals surface area contributed by atoms with Crippen LogP contribution in [0.4, 0.5) is 0 Å². The van der Waals surface area contributed by atoms with Gasteiger partial charge in [0.05, 0.1) is 31.0 Å². The van der Waals surface area contributed by atoms with E-state index >= 15 is 0 Å². The first-order valence-corrected chi connectivity index (χ1v) is 9.57. The third-order valence-corrected chi connectivity index (χ3v) is 4.78. The number of thioether (sulfide) groups is 1. The van der Waals surface area contributed by atoms with E-state index in [1.807, 2.05) is 42.2 Å². The summed E-state index contributed by atoms with van der Waals surface area (Å²) < 4.78 is 7.15. The van der Waals surface area contributed by atoms with Gasteiger partial charge in [-0.25, -0.2) is 0 Å².